The molecule has 34 heavy (non-hydrogen) atoms. The quantitative estimate of drug-likeness (QED) is 0.283. The second-order valence-electron chi connectivity index (χ2n) is 8.77. The van der Waals surface area contributed by atoms with Crippen LogP contribution in [0.2, 0.25) is 0 Å². The number of nitrogens with zero attached hydrogens (tertiary/aromatic N) is 3. The average Bonchev–Trinajstić information content (AvgIpc) is 3.30. The molecular weight excluding hydrogens is 414 g/mol. The smallest absolute Gasteiger partial charge is 0.101 e. The van der Waals surface area contributed by atoms with Crippen LogP contribution in [-0.2, 0) is 0 Å². The van der Waals surface area contributed by atoms with E-state index in [2.05, 4.69) is 139 Å². The highest BCUT2D eigenvalue weighted by atomic mass is 15.2. The Morgan fingerprint density at radius 1 is 0.618 bits per heavy atom. The Balaban J connectivity index is 1.75. The molecule has 4 aromatic carbocycles. The van der Waals surface area contributed by atoms with Crippen LogP contribution in [-0.4, -0.2) is 23.7 Å². The number of pyridine rings is 1. The molecule has 2 heterocycles. The van der Waals surface area contributed by atoms with Gasteiger partial charge in [-0.15, -0.1) is 0 Å². The van der Waals surface area contributed by atoms with Gasteiger partial charge in [-0.2, -0.15) is 5.10 Å². The Bertz CT molecular complexity index is 1600. The summed E-state index contributed by atoms with van der Waals surface area (Å²) in [4.78, 5) is 2.12. The minimum absolute atomic E-state index is 0.991. The number of benzene rings is 4. The predicted octanol–water partition coefficient (Wildman–Crippen LogP) is 7.55. The van der Waals surface area contributed by atoms with E-state index in [-0.39, 0.29) is 0 Å². The summed E-state index contributed by atoms with van der Waals surface area (Å²) in [5.74, 6) is 0. The zero-order chi connectivity index (χ0) is 23.1. The lowest BCUT2D eigenvalue weighted by atomic mass is 9.97. The molecule has 3 nitrogen and oxygen atoms in total. The summed E-state index contributed by atoms with van der Waals surface area (Å²) < 4.78 is 2.13. The summed E-state index contributed by atoms with van der Waals surface area (Å²) >= 11 is 0. The van der Waals surface area contributed by atoms with Gasteiger partial charge in [0.2, 0.25) is 0 Å². The predicted molar refractivity (Wildman–Crippen MR) is 143 cm³/mol. The topological polar surface area (TPSA) is 20.5 Å². The maximum Gasteiger partial charge on any atom is 0.101 e. The van der Waals surface area contributed by atoms with Gasteiger partial charge in [-0.1, -0.05) is 97.1 Å². The Kier molecular flexibility index (Phi) is 4.88. The van der Waals surface area contributed by atoms with E-state index in [1.54, 1.807) is 0 Å². The van der Waals surface area contributed by atoms with Crippen molar-refractivity contribution in [1.29, 1.82) is 0 Å². The largest absolute Gasteiger partial charge is 0.378 e. The molecule has 2 aromatic heterocycles. The molecule has 0 atom stereocenters. The molecular formula is C31H25N3. The molecule has 6 aromatic rings. The van der Waals surface area contributed by atoms with Crippen molar-refractivity contribution in [1.82, 2.24) is 9.61 Å². The Labute approximate surface area is 199 Å². The second-order valence-corrected chi connectivity index (χ2v) is 8.77. The monoisotopic (exact) mass is 439 g/mol. The van der Waals surface area contributed by atoms with Gasteiger partial charge >= 0.3 is 0 Å². The molecule has 0 spiro atoms. The van der Waals surface area contributed by atoms with E-state index in [0.717, 1.165) is 33.6 Å². The van der Waals surface area contributed by atoms with E-state index in [9.17, 15) is 0 Å². The van der Waals surface area contributed by atoms with Crippen molar-refractivity contribution in [2.45, 2.75) is 0 Å². The summed E-state index contributed by atoms with van der Waals surface area (Å²) in [6.07, 6.45) is 0. The van der Waals surface area contributed by atoms with E-state index in [0.29, 0.717) is 0 Å². The first-order valence-corrected chi connectivity index (χ1v) is 11.5. The second kappa shape index (κ2) is 8.20. The lowest BCUT2D eigenvalue weighted by molar-refractivity contribution is 0.979. The third-order valence-corrected chi connectivity index (χ3v) is 6.41. The van der Waals surface area contributed by atoms with Crippen molar-refractivity contribution in [3.63, 3.8) is 0 Å². The van der Waals surface area contributed by atoms with Crippen molar-refractivity contribution in [3.05, 3.63) is 115 Å². The average molecular weight is 440 g/mol. The molecule has 6 rings (SSSR count). The fourth-order valence-corrected chi connectivity index (χ4v) is 4.70. The van der Waals surface area contributed by atoms with Crippen LogP contribution in [0.4, 0.5) is 5.69 Å². The number of fused-ring (bicyclic) bond motifs is 3. The van der Waals surface area contributed by atoms with Crippen molar-refractivity contribution in [3.8, 4) is 33.6 Å². The molecule has 0 aliphatic heterocycles. The van der Waals surface area contributed by atoms with Crippen LogP contribution in [0.1, 0.15) is 0 Å². The number of hydrogen-bond donors (Lipinski definition) is 0. The number of hydrogen-bond acceptors (Lipinski definition) is 2. The highest BCUT2D eigenvalue weighted by Crippen LogP contribution is 2.40. The standard InChI is InChI=1S/C31H25N3/c1-33(2)26-19-17-24(18-20-26)30-29(23-13-7-4-8-14-23)31-27-16-10-9-15-25(27)21-28(34(31)32-30)22-11-5-3-6-12-22/h3-21H,1-2H3. The summed E-state index contributed by atoms with van der Waals surface area (Å²) in [5, 5.41) is 7.67. The summed E-state index contributed by atoms with van der Waals surface area (Å²) in [5.41, 5.74) is 8.96. The molecule has 0 saturated carbocycles. The minimum atomic E-state index is 0.991. The number of rotatable bonds is 4. The van der Waals surface area contributed by atoms with Crippen LogP contribution in [0.25, 0.3) is 49.9 Å². The van der Waals surface area contributed by atoms with E-state index < -0.39 is 0 Å². The SMILES string of the molecule is CN(C)c1ccc(-c2nn3c(-c4ccccc4)cc4ccccc4c3c2-c2ccccc2)cc1. The van der Waals surface area contributed by atoms with Gasteiger partial charge in [0.1, 0.15) is 5.69 Å². The Morgan fingerprint density at radius 2 is 1.24 bits per heavy atom. The van der Waals surface area contributed by atoms with E-state index in [1.165, 1.54) is 22.0 Å². The molecule has 0 unspecified atom stereocenters. The summed E-state index contributed by atoms with van der Waals surface area (Å²) in [7, 11) is 4.13. The van der Waals surface area contributed by atoms with E-state index in [1.807, 2.05) is 0 Å². The summed E-state index contributed by atoms with van der Waals surface area (Å²) in [6.45, 7) is 0. The molecule has 0 aliphatic carbocycles. The van der Waals surface area contributed by atoms with Gasteiger partial charge in [0.25, 0.3) is 0 Å². The van der Waals surface area contributed by atoms with Gasteiger partial charge in [-0.3, -0.25) is 0 Å². The van der Waals surface area contributed by atoms with Gasteiger partial charge in [-0.05, 0) is 29.1 Å². The summed E-state index contributed by atoms with van der Waals surface area (Å²) in [6, 6.07) is 40.7. The fourth-order valence-electron chi connectivity index (χ4n) is 4.70. The van der Waals surface area contributed by atoms with E-state index in [4.69, 9.17) is 5.10 Å². The molecule has 0 saturated heterocycles. The number of aromatic nitrogens is 2. The molecule has 0 bridgehead atoms. The Morgan fingerprint density at radius 3 is 1.91 bits per heavy atom. The van der Waals surface area contributed by atoms with Gasteiger partial charge in [0.05, 0.1) is 11.2 Å². The first-order chi connectivity index (χ1) is 16.7. The lowest BCUT2D eigenvalue weighted by Gasteiger charge is -2.12. The van der Waals surface area contributed by atoms with Crippen LogP contribution >= 0.6 is 0 Å². The highest BCUT2D eigenvalue weighted by molar-refractivity contribution is 6.08. The maximum absolute atomic E-state index is 5.26. The van der Waals surface area contributed by atoms with Crippen molar-refractivity contribution < 1.29 is 0 Å². The van der Waals surface area contributed by atoms with E-state index >= 15 is 0 Å². The normalized spacial score (nSPS) is 11.2. The third-order valence-electron chi connectivity index (χ3n) is 6.41. The zero-order valence-corrected chi connectivity index (χ0v) is 19.3. The molecule has 164 valence electrons. The molecule has 0 aliphatic rings. The highest BCUT2D eigenvalue weighted by Gasteiger charge is 2.21. The first kappa shape index (κ1) is 20.3. The van der Waals surface area contributed by atoms with Gasteiger partial charge < -0.3 is 4.90 Å². The first-order valence-electron chi connectivity index (χ1n) is 11.5. The molecule has 0 amide bonds. The van der Waals surface area contributed by atoms with Crippen molar-refractivity contribution >= 4 is 22.0 Å². The molecule has 3 heteroatoms. The minimum Gasteiger partial charge on any atom is -0.378 e. The molecule has 0 fully saturated rings. The van der Waals surface area contributed by atoms with Gasteiger partial charge in [0, 0.05) is 41.9 Å². The van der Waals surface area contributed by atoms with Crippen LogP contribution in [0.3, 0.4) is 0 Å². The molecule has 0 radical (unpaired) electrons. The van der Waals surface area contributed by atoms with Crippen LogP contribution in [0.5, 0.6) is 0 Å². The third kappa shape index (κ3) is 3.34. The van der Waals surface area contributed by atoms with Crippen LogP contribution in [0.15, 0.2) is 115 Å². The van der Waals surface area contributed by atoms with Crippen molar-refractivity contribution in [2.75, 3.05) is 19.0 Å². The van der Waals surface area contributed by atoms with Crippen molar-refractivity contribution in [2.24, 2.45) is 0 Å². The van der Waals surface area contributed by atoms with Gasteiger partial charge in [0.15, 0.2) is 0 Å². The fraction of sp³-hybridized carbons (Fsp3) is 0.0645. The zero-order valence-electron chi connectivity index (χ0n) is 19.3. The molecule has 0 N–H and O–H groups in total. The van der Waals surface area contributed by atoms with Crippen LogP contribution in [0, 0.1) is 0 Å². The maximum atomic E-state index is 5.26. The van der Waals surface area contributed by atoms with Crippen LogP contribution < -0.4 is 4.90 Å². The number of anilines is 1. The lowest BCUT2D eigenvalue weighted by Crippen LogP contribution is -2.07. The van der Waals surface area contributed by atoms with Gasteiger partial charge in [-0.25, -0.2) is 4.52 Å². The Hall–Kier alpha value is -4.37.